The molecular weight excluding hydrogens is 258 g/mol. The summed E-state index contributed by atoms with van der Waals surface area (Å²) in [5.41, 5.74) is 1.24. The third kappa shape index (κ3) is 3.06. The van der Waals surface area contributed by atoms with E-state index in [4.69, 9.17) is 0 Å². The van der Waals surface area contributed by atoms with Crippen molar-refractivity contribution in [3.05, 3.63) is 42.5 Å². The van der Waals surface area contributed by atoms with Gasteiger partial charge in [-0.1, -0.05) is 49.2 Å². The van der Waals surface area contributed by atoms with Gasteiger partial charge in [0.1, 0.15) is 0 Å². The van der Waals surface area contributed by atoms with Crippen molar-refractivity contribution in [2.24, 2.45) is 5.92 Å². The molecule has 112 valence electrons. The first-order valence-electron chi connectivity index (χ1n) is 8.20. The average Bonchev–Trinajstić information content (AvgIpc) is 3.06. The number of likely N-dealkylation sites (N-methyl/N-ethyl adjacent to an activating group) is 1. The van der Waals surface area contributed by atoms with Crippen LogP contribution in [0.2, 0.25) is 0 Å². The van der Waals surface area contributed by atoms with Crippen molar-refractivity contribution in [2.45, 2.75) is 38.7 Å². The van der Waals surface area contributed by atoms with Gasteiger partial charge in [0.2, 0.25) is 0 Å². The molecule has 1 atom stereocenters. The molecule has 2 aromatic carbocycles. The fourth-order valence-electron chi connectivity index (χ4n) is 3.60. The molecule has 0 amide bonds. The first-order chi connectivity index (χ1) is 10.3. The average molecular weight is 283 g/mol. The zero-order valence-corrected chi connectivity index (χ0v) is 12.8. The minimum atomic E-state index is -0.202. The predicted octanol–water partition coefficient (Wildman–Crippen LogP) is 4.22. The van der Waals surface area contributed by atoms with Crippen LogP contribution in [0.4, 0.5) is 5.69 Å². The van der Waals surface area contributed by atoms with E-state index in [9.17, 15) is 5.11 Å². The van der Waals surface area contributed by atoms with Gasteiger partial charge in [0.15, 0.2) is 0 Å². The van der Waals surface area contributed by atoms with Crippen LogP contribution in [0.3, 0.4) is 0 Å². The Hall–Kier alpha value is -1.54. The zero-order valence-electron chi connectivity index (χ0n) is 12.8. The highest BCUT2D eigenvalue weighted by atomic mass is 16.3. The summed E-state index contributed by atoms with van der Waals surface area (Å²) in [7, 11) is 0. The molecule has 1 aliphatic carbocycles. The van der Waals surface area contributed by atoms with Crippen LogP contribution < -0.4 is 4.90 Å². The van der Waals surface area contributed by atoms with Crippen LogP contribution in [-0.2, 0) is 0 Å². The van der Waals surface area contributed by atoms with Gasteiger partial charge >= 0.3 is 0 Å². The van der Waals surface area contributed by atoms with Gasteiger partial charge in [0.25, 0.3) is 0 Å². The Labute approximate surface area is 127 Å². The molecule has 1 unspecified atom stereocenters. The second kappa shape index (κ2) is 6.48. The van der Waals surface area contributed by atoms with E-state index in [-0.39, 0.29) is 6.10 Å². The Morgan fingerprint density at radius 3 is 2.57 bits per heavy atom. The van der Waals surface area contributed by atoms with Crippen molar-refractivity contribution in [1.82, 2.24) is 0 Å². The van der Waals surface area contributed by atoms with E-state index in [1.807, 2.05) is 0 Å². The second-order valence-electron chi connectivity index (χ2n) is 6.15. The number of hydrogen-bond acceptors (Lipinski definition) is 2. The van der Waals surface area contributed by atoms with Crippen molar-refractivity contribution in [3.63, 3.8) is 0 Å². The summed E-state index contributed by atoms with van der Waals surface area (Å²) in [5, 5.41) is 13.1. The number of rotatable bonds is 5. The van der Waals surface area contributed by atoms with E-state index in [1.165, 1.54) is 42.1 Å². The minimum absolute atomic E-state index is 0.202. The third-order valence-corrected chi connectivity index (χ3v) is 4.84. The molecule has 0 spiro atoms. The van der Waals surface area contributed by atoms with E-state index in [0.717, 1.165) is 13.1 Å². The fraction of sp³-hybridized carbons (Fsp3) is 0.474. The Balaban J connectivity index is 1.84. The molecule has 3 rings (SSSR count). The Morgan fingerprint density at radius 1 is 1.10 bits per heavy atom. The van der Waals surface area contributed by atoms with E-state index in [0.29, 0.717) is 5.92 Å². The number of fused-ring (bicyclic) bond motifs is 1. The summed E-state index contributed by atoms with van der Waals surface area (Å²) in [6.07, 6.45) is 4.73. The monoisotopic (exact) mass is 283 g/mol. The molecule has 0 heterocycles. The Kier molecular flexibility index (Phi) is 4.45. The van der Waals surface area contributed by atoms with Gasteiger partial charge in [0.05, 0.1) is 6.10 Å². The summed E-state index contributed by atoms with van der Waals surface area (Å²) >= 11 is 0. The van der Waals surface area contributed by atoms with Gasteiger partial charge in [0, 0.05) is 24.2 Å². The van der Waals surface area contributed by atoms with Crippen LogP contribution in [0.1, 0.15) is 32.6 Å². The molecule has 1 saturated carbocycles. The first kappa shape index (κ1) is 14.4. The lowest BCUT2D eigenvalue weighted by Gasteiger charge is -2.29. The van der Waals surface area contributed by atoms with E-state index in [1.54, 1.807) is 0 Å². The van der Waals surface area contributed by atoms with Gasteiger partial charge in [-0.15, -0.1) is 0 Å². The van der Waals surface area contributed by atoms with Crippen molar-refractivity contribution in [2.75, 3.05) is 18.0 Å². The van der Waals surface area contributed by atoms with Crippen LogP contribution in [0.5, 0.6) is 0 Å². The zero-order chi connectivity index (χ0) is 14.7. The molecule has 2 aromatic rings. The fourth-order valence-corrected chi connectivity index (χ4v) is 3.60. The quantitative estimate of drug-likeness (QED) is 0.888. The van der Waals surface area contributed by atoms with E-state index < -0.39 is 0 Å². The van der Waals surface area contributed by atoms with Crippen LogP contribution >= 0.6 is 0 Å². The summed E-state index contributed by atoms with van der Waals surface area (Å²) in [6.45, 7) is 3.84. The summed E-state index contributed by atoms with van der Waals surface area (Å²) in [5.74, 6) is 0.494. The van der Waals surface area contributed by atoms with Crippen LogP contribution in [0.25, 0.3) is 10.8 Å². The lowest BCUT2D eigenvalue weighted by molar-refractivity contribution is 0.116. The smallest absolute Gasteiger partial charge is 0.0743 e. The van der Waals surface area contributed by atoms with E-state index >= 15 is 0 Å². The molecular formula is C19H25NO. The maximum Gasteiger partial charge on any atom is 0.0743 e. The summed E-state index contributed by atoms with van der Waals surface area (Å²) in [4.78, 5) is 2.32. The van der Waals surface area contributed by atoms with Crippen LogP contribution in [-0.4, -0.2) is 24.3 Å². The van der Waals surface area contributed by atoms with Crippen molar-refractivity contribution >= 4 is 16.5 Å². The molecule has 0 radical (unpaired) electrons. The molecule has 1 aliphatic rings. The third-order valence-electron chi connectivity index (χ3n) is 4.84. The predicted molar refractivity (Wildman–Crippen MR) is 89.8 cm³/mol. The maximum atomic E-state index is 10.5. The van der Waals surface area contributed by atoms with Gasteiger partial charge < -0.3 is 10.0 Å². The second-order valence-corrected chi connectivity index (χ2v) is 6.15. The van der Waals surface area contributed by atoms with Crippen molar-refractivity contribution in [1.29, 1.82) is 0 Å². The molecule has 21 heavy (non-hydrogen) atoms. The SMILES string of the molecule is CCN(CC(O)C1CCCC1)c1cccc2ccccc12. The molecule has 0 aliphatic heterocycles. The lowest BCUT2D eigenvalue weighted by atomic mass is 10.00. The van der Waals surface area contributed by atoms with Crippen molar-refractivity contribution in [3.8, 4) is 0 Å². The topological polar surface area (TPSA) is 23.5 Å². The van der Waals surface area contributed by atoms with Crippen molar-refractivity contribution < 1.29 is 5.11 Å². The number of anilines is 1. The largest absolute Gasteiger partial charge is 0.391 e. The Bertz CT molecular complexity index is 584. The molecule has 1 fully saturated rings. The standard InChI is InChI=1S/C19H25NO/c1-2-20(14-19(21)16-9-3-4-10-16)18-13-7-11-15-8-5-6-12-17(15)18/h5-8,11-13,16,19,21H,2-4,9-10,14H2,1H3. The van der Waals surface area contributed by atoms with Crippen LogP contribution in [0.15, 0.2) is 42.5 Å². The highest BCUT2D eigenvalue weighted by Gasteiger charge is 2.25. The summed E-state index contributed by atoms with van der Waals surface area (Å²) < 4.78 is 0. The highest BCUT2D eigenvalue weighted by molar-refractivity contribution is 5.94. The van der Waals surface area contributed by atoms with E-state index in [2.05, 4.69) is 54.3 Å². The number of aliphatic hydroxyl groups is 1. The molecule has 2 heteroatoms. The lowest BCUT2D eigenvalue weighted by Crippen LogP contribution is -2.36. The minimum Gasteiger partial charge on any atom is -0.391 e. The molecule has 2 nitrogen and oxygen atoms in total. The Morgan fingerprint density at radius 2 is 1.81 bits per heavy atom. The maximum absolute atomic E-state index is 10.5. The van der Waals surface area contributed by atoms with Crippen LogP contribution in [0, 0.1) is 5.92 Å². The number of benzene rings is 2. The highest BCUT2D eigenvalue weighted by Crippen LogP contribution is 2.31. The van der Waals surface area contributed by atoms with Gasteiger partial charge in [-0.3, -0.25) is 0 Å². The number of hydrogen-bond donors (Lipinski definition) is 1. The van der Waals surface area contributed by atoms with Gasteiger partial charge in [-0.2, -0.15) is 0 Å². The molecule has 0 aromatic heterocycles. The molecule has 0 bridgehead atoms. The normalized spacial score (nSPS) is 17.2. The molecule has 0 saturated heterocycles. The van der Waals surface area contributed by atoms with Gasteiger partial charge in [-0.05, 0) is 37.1 Å². The molecule has 1 N–H and O–H groups in total. The number of aliphatic hydroxyl groups excluding tert-OH is 1. The first-order valence-corrected chi connectivity index (χ1v) is 8.20. The number of nitrogens with zero attached hydrogens (tertiary/aromatic N) is 1. The summed E-state index contributed by atoms with van der Waals surface area (Å²) in [6, 6.07) is 14.9. The van der Waals surface area contributed by atoms with Gasteiger partial charge in [-0.25, -0.2) is 0 Å².